The van der Waals surface area contributed by atoms with Crippen LogP contribution in [0.15, 0.2) is 30.5 Å². The first-order valence-corrected chi connectivity index (χ1v) is 8.39. The summed E-state index contributed by atoms with van der Waals surface area (Å²) >= 11 is 0. The third-order valence-corrected chi connectivity index (χ3v) is 4.64. The fourth-order valence-corrected chi connectivity index (χ4v) is 3.40. The van der Waals surface area contributed by atoms with Crippen molar-refractivity contribution >= 4 is 0 Å². The van der Waals surface area contributed by atoms with Gasteiger partial charge in [0.05, 0.1) is 0 Å². The molecule has 0 amide bonds. The molecule has 0 bridgehead atoms. The van der Waals surface area contributed by atoms with Crippen molar-refractivity contribution in [1.82, 2.24) is 4.98 Å². The van der Waals surface area contributed by atoms with E-state index in [-0.39, 0.29) is 0 Å². The number of aryl methyl sites for hydroxylation is 1. The molecule has 0 N–H and O–H groups in total. The van der Waals surface area contributed by atoms with Crippen LogP contribution in [0.1, 0.15) is 76.0 Å². The second-order valence-corrected chi connectivity index (χ2v) is 6.21. The fraction of sp³-hybridized carbons (Fsp3) is 0.632. The second-order valence-electron chi connectivity index (χ2n) is 6.21. The van der Waals surface area contributed by atoms with Crippen molar-refractivity contribution in [1.29, 1.82) is 0 Å². The van der Waals surface area contributed by atoms with Crippen molar-refractivity contribution in [2.45, 2.75) is 71.1 Å². The monoisotopic (exact) mass is 271 g/mol. The first-order valence-electron chi connectivity index (χ1n) is 8.39. The van der Waals surface area contributed by atoms with Crippen molar-refractivity contribution in [3.05, 3.63) is 41.7 Å². The predicted octanol–water partition coefficient (Wildman–Crippen LogP) is 5.66. The summed E-state index contributed by atoms with van der Waals surface area (Å²) in [4.78, 5) is 4.73. The summed E-state index contributed by atoms with van der Waals surface area (Å²) in [6.07, 6.45) is 16.9. The van der Waals surface area contributed by atoms with Crippen LogP contribution in [0.2, 0.25) is 0 Å². The minimum atomic E-state index is 0.715. The van der Waals surface area contributed by atoms with Gasteiger partial charge >= 0.3 is 0 Å². The molecule has 1 fully saturated rings. The summed E-state index contributed by atoms with van der Waals surface area (Å²) in [6, 6.07) is 4.56. The fourth-order valence-electron chi connectivity index (χ4n) is 3.40. The maximum absolute atomic E-state index is 4.73. The molecule has 1 aromatic rings. The van der Waals surface area contributed by atoms with Crippen LogP contribution in [-0.2, 0) is 6.42 Å². The van der Waals surface area contributed by atoms with Gasteiger partial charge < -0.3 is 0 Å². The average Bonchev–Trinajstić information content (AvgIpc) is 2.49. The van der Waals surface area contributed by atoms with Crippen LogP contribution < -0.4 is 0 Å². The van der Waals surface area contributed by atoms with E-state index >= 15 is 0 Å². The Bertz CT molecular complexity index is 396. The van der Waals surface area contributed by atoms with Crippen molar-refractivity contribution in [2.75, 3.05) is 0 Å². The lowest BCUT2D eigenvalue weighted by atomic mass is 9.78. The lowest BCUT2D eigenvalue weighted by Crippen LogP contribution is -2.14. The molecule has 1 saturated carbocycles. The number of pyridine rings is 1. The summed E-state index contributed by atoms with van der Waals surface area (Å²) in [6.45, 7) is 4.39. The highest BCUT2D eigenvalue weighted by atomic mass is 14.7. The maximum Gasteiger partial charge on any atom is 0.0434 e. The molecule has 0 radical (unpaired) electrons. The molecule has 1 aliphatic rings. The molecule has 2 rings (SSSR count). The summed E-state index contributed by atoms with van der Waals surface area (Å²) in [5.41, 5.74) is 2.70. The van der Waals surface area contributed by atoms with Crippen molar-refractivity contribution in [2.24, 2.45) is 5.92 Å². The smallest absolute Gasteiger partial charge is 0.0434 e. The van der Waals surface area contributed by atoms with E-state index in [1.54, 1.807) is 0 Å². The van der Waals surface area contributed by atoms with Gasteiger partial charge in [-0.1, -0.05) is 38.0 Å². The van der Waals surface area contributed by atoms with Gasteiger partial charge in [-0.3, -0.25) is 4.98 Å². The first-order chi connectivity index (χ1) is 9.83. The zero-order chi connectivity index (χ0) is 14.2. The lowest BCUT2D eigenvalue weighted by Gasteiger charge is -2.28. The summed E-state index contributed by atoms with van der Waals surface area (Å²) in [7, 11) is 0. The van der Waals surface area contributed by atoms with E-state index in [4.69, 9.17) is 4.98 Å². The van der Waals surface area contributed by atoms with Gasteiger partial charge in [0.25, 0.3) is 0 Å². The van der Waals surface area contributed by atoms with Crippen LogP contribution in [0, 0.1) is 5.92 Å². The molecule has 0 aliphatic heterocycles. The Morgan fingerprint density at radius 1 is 1.20 bits per heavy atom. The van der Waals surface area contributed by atoms with Crippen molar-refractivity contribution in [3.8, 4) is 0 Å². The molecule has 0 aromatic carbocycles. The molecule has 0 atom stereocenters. The zero-order valence-electron chi connectivity index (χ0n) is 13.1. The number of hydrogen-bond acceptors (Lipinski definition) is 1. The third-order valence-electron chi connectivity index (χ3n) is 4.64. The van der Waals surface area contributed by atoms with Crippen LogP contribution in [0.4, 0.5) is 0 Å². The summed E-state index contributed by atoms with van der Waals surface area (Å²) in [5.74, 6) is 1.70. The molecular formula is C19H29N. The molecule has 20 heavy (non-hydrogen) atoms. The standard InChI is InChI=1S/C19H29N/c1-3-5-6-8-17-11-14-19(20-15-17)18-12-9-16(7-4-2)10-13-18/h3,5,11,14-16,18H,4,6-10,12-13H2,1-2H3/b5-3+/t16-,18-. The number of hydrogen-bond donors (Lipinski definition) is 0. The Labute approximate surface area is 124 Å². The molecule has 1 heterocycles. The first kappa shape index (κ1) is 15.3. The minimum Gasteiger partial charge on any atom is -0.261 e. The average molecular weight is 271 g/mol. The number of allylic oxidation sites excluding steroid dienone is 2. The van der Waals surface area contributed by atoms with E-state index in [0.29, 0.717) is 5.92 Å². The van der Waals surface area contributed by atoms with E-state index in [1.165, 1.54) is 49.8 Å². The highest BCUT2D eigenvalue weighted by molar-refractivity contribution is 5.18. The van der Waals surface area contributed by atoms with Gasteiger partial charge in [0.15, 0.2) is 0 Å². The molecule has 0 spiro atoms. The number of aromatic nitrogens is 1. The van der Waals surface area contributed by atoms with E-state index in [9.17, 15) is 0 Å². The maximum atomic E-state index is 4.73. The molecule has 110 valence electrons. The quantitative estimate of drug-likeness (QED) is 0.608. The largest absolute Gasteiger partial charge is 0.261 e. The molecule has 0 unspecified atom stereocenters. The minimum absolute atomic E-state index is 0.715. The van der Waals surface area contributed by atoms with Gasteiger partial charge in [0.1, 0.15) is 0 Å². The molecule has 1 heteroatoms. The normalized spacial score (nSPS) is 23.3. The van der Waals surface area contributed by atoms with Gasteiger partial charge in [0, 0.05) is 17.8 Å². The van der Waals surface area contributed by atoms with Crippen molar-refractivity contribution < 1.29 is 0 Å². The van der Waals surface area contributed by atoms with Crippen LogP contribution in [0.25, 0.3) is 0 Å². The third kappa shape index (κ3) is 4.47. The Balaban J connectivity index is 1.84. The summed E-state index contributed by atoms with van der Waals surface area (Å²) < 4.78 is 0. The van der Waals surface area contributed by atoms with Crippen LogP contribution in [0.3, 0.4) is 0 Å². The Hall–Kier alpha value is -1.11. The van der Waals surface area contributed by atoms with E-state index in [1.807, 2.05) is 0 Å². The summed E-state index contributed by atoms with van der Waals surface area (Å²) in [5, 5.41) is 0. The lowest BCUT2D eigenvalue weighted by molar-refractivity contribution is 0.305. The number of nitrogens with zero attached hydrogens (tertiary/aromatic N) is 1. The molecule has 0 saturated heterocycles. The van der Waals surface area contributed by atoms with Crippen LogP contribution in [0.5, 0.6) is 0 Å². The molecule has 1 nitrogen and oxygen atoms in total. The Kier molecular flexibility index (Phi) is 6.29. The zero-order valence-corrected chi connectivity index (χ0v) is 13.1. The SMILES string of the molecule is C/C=C/CCc1ccc([C@H]2CC[C@H](CCC)CC2)nc1. The van der Waals surface area contributed by atoms with Gasteiger partial charge in [-0.25, -0.2) is 0 Å². The highest BCUT2D eigenvalue weighted by Gasteiger charge is 2.22. The van der Waals surface area contributed by atoms with Crippen LogP contribution in [-0.4, -0.2) is 4.98 Å². The van der Waals surface area contributed by atoms with E-state index in [2.05, 4.69) is 44.3 Å². The van der Waals surface area contributed by atoms with E-state index < -0.39 is 0 Å². The number of rotatable bonds is 6. The van der Waals surface area contributed by atoms with Crippen LogP contribution >= 0.6 is 0 Å². The van der Waals surface area contributed by atoms with E-state index in [0.717, 1.165) is 18.8 Å². The van der Waals surface area contributed by atoms with Crippen molar-refractivity contribution in [3.63, 3.8) is 0 Å². The highest BCUT2D eigenvalue weighted by Crippen LogP contribution is 2.36. The van der Waals surface area contributed by atoms with Gasteiger partial charge in [-0.15, -0.1) is 0 Å². The topological polar surface area (TPSA) is 12.9 Å². The van der Waals surface area contributed by atoms with Gasteiger partial charge in [-0.05, 0) is 63.0 Å². The Morgan fingerprint density at radius 3 is 2.60 bits per heavy atom. The second kappa shape index (κ2) is 8.24. The molecule has 1 aromatic heterocycles. The molecule has 1 aliphatic carbocycles. The predicted molar refractivity (Wildman–Crippen MR) is 87.0 cm³/mol. The molecular weight excluding hydrogens is 242 g/mol. The van der Waals surface area contributed by atoms with Gasteiger partial charge in [0.2, 0.25) is 0 Å². The van der Waals surface area contributed by atoms with Gasteiger partial charge in [-0.2, -0.15) is 0 Å². The Morgan fingerprint density at radius 2 is 2.00 bits per heavy atom.